The Morgan fingerprint density at radius 2 is 2.20 bits per heavy atom. The molecule has 0 N–H and O–H groups in total. The van der Waals surface area contributed by atoms with E-state index >= 15 is 0 Å². The van der Waals surface area contributed by atoms with Crippen molar-refractivity contribution in [2.24, 2.45) is 0 Å². The van der Waals surface area contributed by atoms with Crippen LogP contribution >= 0.6 is 11.5 Å². The molecule has 80 valence electrons. The van der Waals surface area contributed by atoms with E-state index in [-0.39, 0.29) is 0 Å². The molecule has 6 heteroatoms. The van der Waals surface area contributed by atoms with Crippen molar-refractivity contribution in [1.82, 2.24) is 19.6 Å². The summed E-state index contributed by atoms with van der Waals surface area (Å²) in [6.45, 7) is 3.43. The normalized spacial score (nSPS) is 11.1. The number of aryl methyl sites for hydroxylation is 1. The second kappa shape index (κ2) is 4.50. The molecule has 0 bridgehead atoms. The number of rotatable bonds is 4. The van der Waals surface area contributed by atoms with Crippen LogP contribution in [0.2, 0.25) is 0 Å². The Morgan fingerprint density at radius 1 is 1.40 bits per heavy atom. The third kappa shape index (κ3) is 2.84. The monoisotopic (exact) mass is 224 g/mol. The lowest BCUT2D eigenvalue weighted by molar-refractivity contribution is 0.298. The van der Waals surface area contributed by atoms with Crippen molar-refractivity contribution >= 4 is 11.5 Å². The van der Waals surface area contributed by atoms with Gasteiger partial charge in [-0.1, -0.05) is 9.64 Å². The lowest BCUT2D eigenvalue weighted by Gasteiger charge is -2.12. The summed E-state index contributed by atoms with van der Waals surface area (Å²) >= 11 is 1.37. The topological polar surface area (TPSA) is 55.1 Å². The highest BCUT2D eigenvalue weighted by atomic mass is 32.1. The van der Waals surface area contributed by atoms with Crippen LogP contribution in [0.4, 0.5) is 0 Å². The van der Waals surface area contributed by atoms with E-state index in [1.54, 1.807) is 0 Å². The molecule has 0 amide bonds. The molecule has 0 unspecified atom stereocenters. The summed E-state index contributed by atoms with van der Waals surface area (Å²) in [6.07, 6.45) is 0. The molecular formula is C9H12N4OS. The van der Waals surface area contributed by atoms with Crippen LogP contribution in [0.3, 0.4) is 0 Å². The molecule has 15 heavy (non-hydrogen) atoms. The highest BCUT2D eigenvalue weighted by Crippen LogP contribution is 2.07. The van der Waals surface area contributed by atoms with E-state index in [1.807, 2.05) is 25.4 Å². The van der Waals surface area contributed by atoms with Gasteiger partial charge in [-0.25, -0.2) is 0 Å². The number of hydrogen-bond donors (Lipinski definition) is 0. The van der Waals surface area contributed by atoms with Crippen LogP contribution in [0, 0.1) is 6.92 Å². The standard InChI is InChI=1S/C9H12N4OS/c1-7-3-8(11-14-7)4-13(2)5-9-6-15-12-10-9/h3,6H,4-5H2,1-2H3. The summed E-state index contributed by atoms with van der Waals surface area (Å²) in [4.78, 5) is 2.12. The average molecular weight is 224 g/mol. The molecular weight excluding hydrogens is 212 g/mol. The van der Waals surface area contributed by atoms with E-state index < -0.39 is 0 Å². The van der Waals surface area contributed by atoms with Gasteiger partial charge in [-0.3, -0.25) is 4.90 Å². The molecule has 2 aromatic rings. The Kier molecular flexibility index (Phi) is 3.08. The summed E-state index contributed by atoms with van der Waals surface area (Å²) in [6, 6.07) is 1.94. The molecule has 0 saturated carbocycles. The second-order valence-electron chi connectivity index (χ2n) is 3.50. The summed E-state index contributed by atoms with van der Waals surface area (Å²) in [5.41, 5.74) is 1.93. The molecule has 0 aliphatic heterocycles. The van der Waals surface area contributed by atoms with Crippen molar-refractivity contribution in [3.8, 4) is 0 Å². The lowest BCUT2D eigenvalue weighted by Crippen LogP contribution is -2.17. The fraction of sp³-hybridized carbons (Fsp3) is 0.444. The third-order valence-corrected chi connectivity index (χ3v) is 2.50. The van der Waals surface area contributed by atoms with Gasteiger partial charge in [-0.15, -0.1) is 5.10 Å². The third-order valence-electron chi connectivity index (χ3n) is 1.95. The van der Waals surface area contributed by atoms with Gasteiger partial charge in [-0.2, -0.15) is 0 Å². The summed E-state index contributed by atoms with van der Waals surface area (Å²) < 4.78 is 8.82. The van der Waals surface area contributed by atoms with Gasteiger partial charge in [0, 0.05) is 24.5 Å². The summed E-state index contributed by atoms with van der Waals surface area (Å²) in [5.74, 6) is 0.841. The summed E-state index contributed by atoms with van der Waals surface area (Å²) in [7, 11) is 2.02. The Balaban J connectivity index is 1.90. The molecule has 0 aliphatic carbocycles. The first-order valence-electron chi connectivity index (χ1n) is 4.60. The predicted octanol–water partition coefficient (Wildman–Crippen LogP) is 1.47. The van der Waals surface area contributed by atoms with Gasteiger partial charge < -0.3 is 4.52 Å². The molecule has 5 nitrogen and oxygen atoms in total. The quantitative estimate of drug-likeness (QED) is 0.787. The zero-order valence-corrected chi connectivity index (χ0v) is 9.49. The first kappa shape index (κ1) is 10.3. The molecule has 2 rings (SSSR count). The highest BCUT2D eigenvalue weighted by Gasteiger charge is 2.06. The zero-order valence-electron chi connectivity index (χ0n) is 8.67. The summed E-state index contributed by atoms with van der Waals surface area (Å²) in [5, 5.41) is 9.87. The number of nitrogens with zero attached hydrogens (tertiary/aromatic N) is 4. The molecule has 0 saturated heterocycles. The fourth-order valence-electron chi connectivity index (χ4n) is 1.35. The van der Waals surface area contributed by atoms with E-state index in [0.717, 1.165) is 30.2 Å². The Hall–Kier alpha value is -1.27. The van der Waals surface area contributed by atoms with E-state index in [4.69, 9.17) is 4.52 Å². The van der Waals surface area contributed by atoms with Crippen LogP contribution in [0.1, 0.15) is 17.1 Å². The van der Waals surface area contributed by atoms with Gasteiger partial charge >= 0.3 is 0 Å². The minimum absolute atomic E-state index is 0.759. The molecule has 0 fully saturated rings. The van der Waals surface area contributed by atoms with Crippen LogP contribution in [-0.4, -0.2) is 26.7 Å². The van der Waals surface area contributed by atoms with Crippen LogP contribution in [0.5, 0.6) is 0 Å². The first-order chi connectivity index (χ1) is 7.24. The number of aromatic nitrogens is 3. The van der Waals surface area contributed by atoms with Crippen LogP contribution in [-0.2, 0) is 13.1 Å². The van der Waals surface area contributed by atoms with E-state index in [0.29, 0.717) is 0 Å². The van der Waals surface area contributed by atoms with E-state index in [2.05, 4.69) is 19.6 Å². The van der Waals surface area contributed by atoms with Crippen molar-refractivity contribution in [2.45, 2.75) is 20.0 Å². The molecule has 0 spiro atoms. The van der Waals surface area contributed by atoms with Crippen molar-refractivity contribution in [2.75, 3.05) is 7.05 Å². The van der Waals surface area contributed by atoms with Gasteiger partial charge in [0.1, 0.15) is 5.76 Å². The minimum Gasteiger partial charge on any atom is -0.361 e. The van der Waals surface area contributed by atoms with Gasteiger partial charge in [-0.05, 0) is 25.5 Å². The second-order valence-corrected chi connectivity index (χ2v) is 4.11. The Labute approximate surface area is 91.9 Å². The van der Waals surface area contributed by atoms with Crippen molar-refractivity contribution in [3.05, 3.63) is 28.6 Å². The smallest absolute Gasteiger partial charge is 0.133 e. The largest absolute Gasteiger partial charge is 0.361 e. The molecule has 0 aliphatic rings. The molecule has 0 atom stereocenters. The molecule has 2 heterocycles. The van der Waals surface area contributed by atoms with Gasteiger partial charge in [0.05, 0.1) is 11.4 Å². The van der Waals surface area contributed by atoms with E-state index in [1.165, 1.54) is 11.5 Å². The van der Waals surface area contributed by atoms with Crippen LogP contribution in [0.15, 0.2) is 16.0 Å². The van der Waals surface area contributed by atoms with Crippen molar-refractivity contribution < 1.29 is 4.52 Å². The van der Waals surface area contributed by atoms with Gasteiger partial charge in [0.2, 0.25) is 0 Å². The van der Waals surface area contributed by atoms with Crippen molar-refractivity contribution in [1.29, 1.82) is 0 Å². The predicted molar refractivity (Wildman–Crippen MR) is 56.3 cm³/mol. The lowest BCUT2D eigenvalue weighted by atomic mass is 10.3. The molecule has 2 aromatic heterocycles. The maximum Gasteiger partial charge on any atom is 0.133 e. The average Bonchev–Trinajstić information content (AvgIpc) is 2.77. The van der Waals surface area contributed by atoms with Gasteiger partial charge in [0.15, 0.2) is 0 Å². The molecule has 0 radical (unpaired) electrons. The zero-order chi connectivity index (χ0) is 10.7. The van der Waals surface area contributed by atoms with Crippen LogP contribution in [0.25, 0.3) is 0 Å². The van der Waals surface area contributed by atoms with Crippen molar-refractivity contribution in [3.63, 3.8) is 0 Å². The minimum atomic E-state index is 0.759. The SMILES string of the molecule is Cc1cc(CN(C)Cc2csnn2)no1. The maximum atomic E-state index is 5.00. The Bertz CT molecular complexity index is 411. The number of hydrogen-bond acceptors (Lipinski definition) is 6. The fourth-order valence-corrected chi connectivity index (χ4v) is 1.80. The van der Waals surface area contributed by atoms with E-state index in [9.17, 15) is 0 Å². The highest BCUT2D eigenvalue weighted by molar-refractivity contribution is 7.03. The van der Waals surface area contributed by atoms with Crippen LogP contribution < -0.4 is 0 Å². The van der Waals surface area contributed by atoms with Gasteiger partial charge in [0.25, 0.3) is 0 Å². The Morgan fingerprint density at radius 3 is 2.80 bits per heavy atom. The molecule has 0 aromatic carbocycles. The first-order valence-corrected chi connectivity index (χ1v) is 5.44. The maximum absolute atomic E-state index is 5.00.